The van der Waals surface area contributed by atoms with Gasteiger partial charge in [-0.05, 0) is 20.8 Å². The van der Waals surface area contributed by atoms with Crippen LogP contribution < -0.4 is 4.74 Å². The molecule has 3 nitrogen and oxygen atoms in total. The molecule has 0 amide bonds. The molecular formula is C12H13F3O3. The maximum Gasteiger partial charge on any atom is 0.344 e. The van der Waals surface area contributed by atoms with Crippen molar-refractivity contribution in [3.8, 4) is 5.75 Å². The predicted octanol–water partition coefficient (Wildman–Crippen LogP) is 2.82. The van der Waals surface area contributed by atoms with Gasteiger partial charge in [0.25, 0.3) is 0 Å². The van der Waals surface area contributed by atoms with Gasteiger partial charge >= 0.3 is 5.97 Å². The van der Waals surface area contributed by atoms with Crippen LogP contribution in [0.1, 0.15) is 20.8 Å². The Hall–Kier alpha value is -1.72. The van der Waals surface area contributed by atoms with E-state index in [1.807, 2.05) is 0 Å². The molecule has 0 aliphatic rings. The van der Waals surface area contributed by atoms with E-state index in [9.17, 15) is 18.0 Å². The smallest absolute Gasteiger partial charge is 0.344 e. The quantitative estimate of drug-likeness (QED) is 0.620. The molecule has 0 saturated carbocycles. The molecule has 6 heteroatoms. The average Bonchev–Trinajstić information content (AvgIpc) is 2.19. The second-order valence-corrected chi connectivity index (χ2v) is 4.57. The summed E-state index contributed by atoms with van der Waals surface area (Å²) < 4.78 is 48.2. The molecule has 0 atom stereocenters. The topological polar surface area (TPSA) is 35.5 Å². The molecule has 0 bridgehead atoms. The molecule has 1 rings (SSSR count). The van der Waals surface area contributed by atoms with Crippen LogP contribution in [0, 0.1) is 17.5 Å². The molecule has 0 aliphatic heterocycles. The fourth-order valence-electron chi connectivity index (χ4n) is 1.12. The largest absolute Gasteiger partial charge is 0.479 e. The highest BCUT2D eigenvalue weighted by Crippen LogP contribution is 2.20. The minimum absolute atomic E-state index is 0.347. The van der Waals surface area contributed by atoms with Crippen molar-refractivity contribution in [1.29, 1.82) is 0 Å². The molecular weight excluding hydrogens is 249 g/mol. The highest BCUT2D eigenvalue weighted by molar-refractivity contribution is 5.71. The average molecular weight is 262 g/mol. The minimum Gasteiger partial charge on any atom is -0.479 e. The summed E-state index contributed by atoms with van der Waals surface area (Å²) in [5.74, 6) is -4.93. The lowest BCUT2D eigenvalue weighted by atomic mass is 10.2. The van der Waals surface area contributed by atoms with Crippen LogP contribution in [0.3, 0.4) is 0 Å². The van der Waals surface area contributed by atoms with Gasteiger partial charge in [-0.25, -0.2) is 18.0 Å². The Morgan fingerprint density at radius 1 is 1.11 bits per heavy atom. The third kappa shape index (κ3) is 4.27. The van der Waals surface area contributed by atoms with Gasteiger partial charge in [-0.2, -0.15) is 0 Å². The van der Waals surface area contributed by atoms with Crippen molar-refractivity contribution in [1.82, 2.24) is 0 Å². The minimum atomic E-state index is -1.32. The monoisotopic (exact) mass is 262 g/mol. The van der Waals surface area contributed by atoms with Crippen molar-refractivity contribution in [2.75, 3.05) is 6.61 Å². The van der Waals surface area contributed by atoms with Crippen LogP contribution >= 0.6 is 0 Å². The van der Waals surface area contributed by atoms with E-state index in [1.54, 1.807) is 20.8 Å². The van der Waals surface area contributed by atoms with E-state index in [0.29, 0.717) is 12.1 Å². The Morgan fingerprint density at radius 2 is 1.67 bits per heavy atom. The summed E-state index contributed by atoms with van der Waals surface area (Å²) in [4.78, 5) is 11.3. The molecule has 0 heterocycles. The number of carbonyl (C=O) groups excluding carboxylic acids is 1. The lowest BCUT2D eigenvalue weighted by Gasteiger charge is -2.19. The van der Waals surface area contributed by atoms with Crippen LogP contribution in [0.5, 0.6) is 5.75 Å². The normalized spacial score (nSPS) is 11.2. The van der Waals surface area contributed by atoms with Gasteiger partial charge < -0.3 is 9.47 Å². The first-order valence-corrected chi connectivity index (χ1v) is 5.18. The van der Waals surface area contributed by atoms with E-state index in [0.717, 1.165) is 0 Å². The van der Waals surface area contributed by atoms with Crippen molar-refractivity contribution < 1.29 is 27.4 Å². The molecule has 100 valence electrons. The molecule has 0 radical (unpaired) electrons. The fourth-order valence-corrected chi connectivity index (χ4v) is 1.12. The third-order valence-electron chi connectivity index (χ3n) is 1.74. The van der Waals surface area contributed by atoms with Crippen molar-refractivity contribution in [3.63, 3.8) is 0 Å². The van der Waals surface area contributed by atoms with Crippen molar-refractivity contribution in [2.24, 2.45) is 0 Å². The zero-order valence-corrected chi connectivity index (χ0v) is 10.2. The first kappa shape index (κ1) is 14.3. The lowest BCUT2D eigenvalue weighted by molar-refractivity contribution is -0.157. The first-order valence-electron chi connectivity index (χ1n) is 5.18. The molecule has 0 fully saturated rings. The van der Waals surface area contributed by atoms with Gasteiger partial charge in [0.2, 0.25) is 0 Å². The second kappa shape index (κ2) is 5.29. The number of ether oxygens (including phenoxy) is 2. The predicted molar refractivity (Wildman–Crippen MR) is 57.7 cm³/mol. The summed E-state index contributed by atoms with van der Waals surface area (Å²) >= 11 is 0. The van der Waals surface area contributed by atoms with Crippen LogP contribution in [-0.2, 0) is 9.53 Å². The van der Waals surface area contributed by atoms with Crippen LogP contribution in [0.2, 0.25) is 0 Å². The zero-order chi connectivity index (χ0) is 13.9. The van der Waals surface area contributed by atoms with Crippen LogP contribution in [-0.4, -0.2) is 18.2 Å². The molecule has 0 aromatic heterocycles. The summed E-state index contributed by atoms with van der Waals surface area (Å²) in [5, 5.41) is 0. The van der Waals surface area contributed by atoms with Gasteiger partial charge in [0.05, 0.1) is 0 Å². The Balaban J connectivity index is 2.64. The van der Waals surface area contributed by atoms with Crippen molar-refractivity contribution >= 4 is 5.97 Å². The highest BCUT2D eigenvalue weighted by Gasteiger charge is 2.18. The third-order valence-corrected chi connectivity index (χ3v) is 1.74. The fraction of sp³-hybridized carbons (Fsp3) is 0.417. The molecule has 1 aromatic carbocycles. The van der Waals surface area contributed by atoms with Gasteiger partial charge in [-0.3, -0.25) is 0 Å². The molecule has 0 N–H and O–H groups in total. The van der Waals surface area contributed by atoms with Crippen molar-refractivity contribution in [2.45, 2.75) is 26.4 Å². The first-order chi connectivity index (χ1) is 8.19. The summed E-state index contributed by atoms with van der Waals surface area (Å²) in [6, 6.07) is 0.884. The lowest BCUT2D eigenvalue weighted by Crippen LogP contribution is -2.27. The van der Waals surface area contributed by atoms with Crippen LogP contribution in [0.4, 0.5) is 13.2 Å². The molecule has 0 aliphatic carbocycles. The maximum absolute atomic E-state index is 13.1. The molecule has 1 aromatic rings. The van der Waals surface area contributed by atoms with E-state index in [-0.39, 0.29) is 0 Å². The number of hydrogen-bond acceptors (Lipinski definition) is 3. The van der Waals surface area contributed by atoms with E-state index < -0.39 is 41.4 Å². The molecule has 0 spiro atoms. The maximum atomic E-state index is 13.1. The summed E-state index contributed by atoms with van der Waals surface area (Å²) in [5.41, 5.74) is -0.701. The van der Waals surface area contributed by atoms with Gasteiger partial charge in [0, 0.05) is 12.1 Å². The summed E-state index contributed by atoms with van der Waals surface area (Å²) in [7, 11) is 0. The Bertz CT molecular complexity index is 453. The number of rotatable bonds is 3. The van der Waals surface area contributed by atoms with E-state index in [2.05, 4.69) is 0 Å². The Labute approximate surface area is 103 Å². The molecule has 0 unspecified atom stereocenters. The van der Waals surface area contributed by atoms with E-state index in [1.165, 1.54) is 0 Å². The second-order valence-electron chi connectivity index (χ2n) is 4.57. The van der Waals surface area contributed by atoms with Gasteiger partial charge in [0.15, 0.2) is 29.8 Å². The van der Waals surface area contributed by atoms with Crippen LogP contribution in [0.25, 0.3) is 0 Å². The van der Waals surface area contributed by atoms with Gasteiger partial charge in [-0.15, -0.1) is 0 Å². The SMILES string of the molecule is CC(C)(C)OC(=O)COc1cc(F)c(F)cc1F. The number of benzene rings is 1. The number of esters is 1. The van der Waals surface area contributed by atoms with E-state index in [4.69, 9.17) is 9.47 Å². The Kier molecular flexibility index (Phi) is 4.21. The standard InChI is InChI=1S/C12H13F3O3/c1-12(2,3)18-11(16)6-17-10-5-8(14)7(13)4-9(10)15/h4-5H,6H2,1-3H3. The van der Waals surface area contributed by atoms with Gasteiger partial charge in [-0.1, -0.05) is 0 Å². The number of carbonyl (C=O) groups is 1. The summed E-state index contributed by atoms with van der Waals surface area (Å²) in [6.07, 6.45) is 0. The highest BCUT2D eigenvalue weighted by atomic mass is 19.2. The number of halogens is 3. The number of hydrogen-bond donors (Lipinski definition) is 0. The summed E-state index contributed by atoms with van der Waals surface area (Å²) in [6.45, 7) is 4.38. The van der Waals surface area contributed by atoms with Crippen LogP contribution in [0.15, 0.2) is 12.1 Å². The zero-order valence-electron chi connectivity index (χ0n) is 10.2. The Morgan fingerprint density at radius 3 is 2.22 bits per heavy atom. The van der Waals surface area contributed by atoms with Crippen molar-refractivity contribution in [3.05, 3.63) is 29.6 Å². The van der Waals surface area contributed by atoms with E-state index >= 15 is 0 Å². The molecule has 18 heavy (non-hydrogen) atoms. The van der Waals surface area contributed by atoms with Gasteiger partial charge in [0.1, 0.15) is 5.60 Å². The molecule has 0 saturated heterocycles.